The minimum Gasteiger partial charge on any atom is -0.380 e. The normalized spacial score (nSPS) is 31.4. The second-order valence-electron chi connectivity index (χ2n) is 7.51. The van der Waals surface area contributed by atoms with Crippen LogP contribution in [0.25, 0.3) is 0 Å². The molecule has 0 bridgehead atoms. The third kappa shape index (κ3) is 3.62. The van der Waals surface area contributed by atoms with Crippen LogP contribution in [-0.2, 0) is 9.47 Å². The maximum absolute atomic E-state index is 6.23. The number of hydrogen-bond acceptors (Lipinski definition) is 3. The molecule has 1 heterocycles. The zero-order chi connectivity index (χ0) is 14.7. The molecule has 0 aromatic carbocycles. The second kappa shape index (κ2) is 6.97. The summed E-state index contributed by atoms with van der Waals surface area (Å²) in [6, 6.07) is 0.531. The van der Waals surface area contributed by atoms with Gasteiger partial charge < -0.3 is 14.8 Å². The summed E-state index contributed by atoms with van der Waals surface area (Å²) in [6.07, 6.45) is 12.1. The summed E-state index contributed by atoms with van der Waals surface area (Å²) in [5.74, 6) is 1.53. The minimum atomic E-state index is 0.219. The lowest BCUT2D eigenvalue weighted by Gasteiger charge is -2.43. The number of nitrogens with one attached hydrogen (secondary N) is 1. The van der Waals surface area contributed by atoms with Crippen LogP contribution in [0.4, 0.5) is 0 Å². The zero-order valence-electron chi connectivity index (χ0n) is 13.9. The molecule has 122 valence electrons. The lowest BCUT2D eigenvalue weighted by atomic mass is 9.78. The Morgan fingerprint density at radius 3 is 2.57 bits per heavy atom. The first-order chi connectivity index (χ1) is 10.3. The zero-order valence-corrected chi connectivity index (χ0v) is 13.9. The monoisotopic (exact) mass is 295 g/mol. The quantitative estimate of drug-likeness (QED) is 0.779. The van der Waals surface area contributed by atoms with Crippen molar-refractivity contribution in [1.29, 1.82) is 0 Å². The summed E-state index contributed by atoms with van der Waals surface area (Å²) in [7, 11) is 1.91. The van der Waals surface area contributed by atoms with Crippen molar-refractivity contribution in [2.45, 2.75) is 82.5 Å². The van der Waals surface area contributed by atoms with Crippen LogP contribution in [0.2, 0.25) is 0 Å². The van der Waals surface area contributed by atoms with E-state index >= 15 is 0 Å². The molecule has 2 saturated carbocycles. The van der Waals surface area contributed by atoms with Gasteiger partial charge in [0, 0.05) is 19.8 Å². The van der Waals surface area contributed by atoms with Gasteiger partial charge in [0.05, 0.1) is 11.7 Å². The van der Waals surface area contributed by atoms with E-state index in [1.165, 1.54) is 57.8 Å². The van der Waals surface area contributed by atoms with Gasteiger partial charge >= 0.3 is 0 Å². The molecule has 1 spiro atoms. The highest BCUT2D eigenvalue weighted by molar-refractivity contribution is 4.99. The second-order valence-corrected chi connectivity index (χ2v) is 7.51. The van der Waals surface area contributed by atoms with Gasteiger partial charge in [-0.1, -0.05) is 19.8 Å². The average molecular weight is 295 g/mol. The SMILES string of the molecule is CCCNC(C1CCOC2(CCCC2)C1)C(OC)C1CC1. The Morgan fingerprint density at radius 1 is 1.19 bits per heavy atom. The Kier molecular flexibility index (Phi) is 5.23. The van der Waals surface area contributed by atoms with Gasteiger partial charge in [-0.2, -0.15) is 0 Å². The molecule has 3 aliphatic rings. The summed E-state index contributed by atoms with van der Waals surface area (Å²) < 4.78 is 12.2. The van der Waals surface area contributed by atoms with Gasteiger partial charge in [-0.05, 0) is 63.3 Å². The number of hydrogen-bond donors (Lipinski definition) is 1. The predicted octanol–water partition coefficient (Wildman–Crippen LogP) is 3.52. The Bertz CT molecular complexity index is 323. The summed E-state index contributed by atoms with van der Waals surface area (Å²) in [4.78, 5) is 0. The molecule has 21 heavy (non-hydrogen) atoms. The summed E-state index contributed by atoms with van der Waals surface area (Å²) in [6.45, 7) is 4.32. The lowest BCUT2D eigenvalue weighted by Crippen LogP contribution is -2.52. The highest BCUT2D eigenvalue weighted by Crippen LogP contribution is 2.45. The Labute approximate surface area is 130 Å². The van der Waals surface area contributed by atoms with Crippen LogP contribution in [0, 0.1) is 11.8 Å². The fraction of sp³-hybridized carbons (Fsp3) is 1.00. The molecular formula is C18H33NO2. The lowest BCUT2D eigenvalue weighted by molar-refractivity contribution is -0.108. The van der Waals surface area contributed by atoms with Gasteiger partial charge in [-0.15, -0.1) is 0 Å². The van der Waals surface area contributed by atoms with Crippen molar-refractivity contribution in [2.75, 3.05) is 20.3 Å². The molecule has 2 aliphatic carbocycles. The van der Waals surface area contributed by atoms with Gasteiger partial charge in [-0.3, -0.25) is 0 Å². The van der Waals surface area contributed by atoms with E-state index in [2.05, 4.69) is 12.2 Å². The van der Waals surface area contributed by atoms with E-state index in [0.717, 1.165) is 25.0 Å². The van der Waals surface area contributed by atoms with Gasteiger partial charge in [0.2, 0.25) is 0 Å². The van der Waals surface area contributed by atoms with Crippen molar-refractivity contribution in [2.24, 2.45) is 11.8 Å². The third-order valence-corrected chi connectivity index (χ3v) is 5.90. The Balaban J connectivity index is 1.68. The van der Waals surface area contributed by atoms with Crippen LogP contribution >= 0.6 is 0 Å². The standard InChI is InChI=1S/C18H33NO2/c1-3-11-19-16(17(20-2)14-6-7-14)15-8-12-21-18(13-15)9-4-5-10-18/h14-17,19H,3-13H2,1-2H3. The highest BCUT2D eigenvalue weighted by atomic mass is 16.5. The Hall–Kier alpha value is -0.120. The van der Waals surface area contributed by atoms with Crippen molar-refractivity contribution in [3.8, 4) is 0 Å². The number of methoxy groups -OCH3 is 1. The smallest absolute Gasteiger partial charge is 0.0755 e. The fourth-order valence-corrected chi connectivity index (χ4v) is 4.66. The van der Waals surface area contributed by atoms with Crippen molar-refractivity contribution >= 4 is 0 Å². The first-order valence-electron chi connectivity index (χ1n) is 9.18. The molecule has 3 heteroatoms. The van der Waals surface area contributed by atoms with Crippen molar-refractivity contribution in [1.82, 2.24) is 5.32 Å². The number of rotatable bonds is 7. The molecule has 3 rings (SSSR count). The van der Waals surface area contributed by atoms with Gasteiger partial charge in [-0.25, -0.2) is 0 Å². The minimum absolute atomic E-state index is 0.219. The largest absolute Gasteiger partial charge is 0.380 e. The highest BCUT2D eigenvalue weighted by Gasteiger charge is 2.46. The van der Waals surface area contributed by atoms with E-state index in [0.29, 0.717) is 12.1 Å². The van der Waals surface area contributed by atoms with E-state index < -0.39 is 0 Å². The fourth-order valence-electron chi connectivity index (χ4n) is 4.66. The van der Waals surface area contributed by atoms with Crippen LogP contribution in [0.1, 0.15) is 64.7 Å². The topological polar surface area (TPSA) is 30.5 Å². The van der Waals surface area contributed by atoms with E-state index in [1.807, 2.05) is 7.11 Å². The van der Waals surface area contributed by atoms with E-state index in [1.54, 1.807) is 0 Å². The molecule has 1 N–H and O–H groups in total. The number of ether oxygens (including phenoxy) is 2. The molecule has 0 aromatic heterocycles. The van der Waals surface area contributed by atoms with Crippen molar-refractivity contribution in [3.63, 3.8) is 0 Å². The molecule has 1 aliphatic heterocycles. The van der Waals surface area contributed by atoms with Crippen LogP contribution < -0.4 is 5.32 Å². The average Bonchev–Trinajstić information content (AvgIpc) is 3.25. The van der Waals surface area contributed by atoms with Crippen LogP contribution in [-0.4, -0.2) is 38.0 Å². The first kappa shape index (κ1) is 15.8. The molecule has 0 aromatic rings. The molecule has 3 unspecified atom stereocenters. The van der Waals surface area contributed by atoms with E-state index in [9.17, 15) is 0 Å². The van der Waals surface area contributed by atoms with Crippen LogP contribution in [0.5, 0.6) is 0 Å². The molecular weight excluding hydrogens is 262 g/mol. The maximum atomic E-state index is 6.23. The predicted molar refractivity (Wildman–Crippen MR) is 85.5 cm³/mol. The molecule has 0 radical (unpaired) electrons. The maximum Gasteiger partial charge on any atom is 0.0755 e. The molecule has 3 nitrogen and oxygen atoms in total. The first-order valence-corrected chi connectivity index (χ1v) is 9.18. The van der Waals surface area contributed by atoms with Crippen LogP contribution in [0.3, 0.4) is 0 Å². The third-order valence-electron chi connectivity index (χ3n) is 5.90. The summed E-state index contributed by atoms with van der Waals surface area (Å²) >= 11 is 0. The molecule has 3 fully saturated rings. The van der Waals surface area contributed by atoms with E-state index in [4.69, 9.17) is 9.47 Å². The van der Waals surface area contributed by atoms with Crippen LogP contribution in [0.15, 0.2) is 0 Å². The molecule has 1 saturated heterocycles. The van der Waals surface area contributed by atoms with E-state index in [-0.39, 0.29) is 5.60 Å². The van der Waals surface area contributed by atoms with Crippen molar-refractivity contribution in [3.05, 3.63) is 0 Å². The van der Waals surface area contributed by atoms with Gasteiger partial charge in [0.15, 0.2) is 0 Å². The molecule has 0 amide bonds. The summed E-state index contributed by atoms with van der Waals surface area (Å²) in [5.41, 5.74) is 0.219. The molecule has 3 atom stereocenters. The van der Waals surface area contributed by atoms with Crippen molar-refractivity contribution < 1.29 is 9.47 Å². The van der Waals surface area contributed by atoms with Gasteiger partial charge in [0.1, 0.15) is 0 Å². The summed E-state index contributed by atoms with van der Waals surface area (Å²) in [5, 5.41) is 3.84. The van der Waals surface area contributed by atoms with Gasteiger partial charge in [0.25, 0.3) is 0 Å². The Morgan fingerprint density at radius 2 is 1.95 bits per heavy atom.